The maximum atomic E-state index is 13.6. The van der Waals surface area contributed by atoms with Crippen molar-refractivity contribution in [1.29, 1.82) is 0 Å². The number of hydrogen-bond acceptors (Lipinski definition) is 3. The molecule has 1 aromatic carbocycles. The van der Waals surface area contributed by atoms with E-state index < -0.39 is 5.82 Å². The molecule has 24 heavy (non-hydrogen) atoms. The number of benzene rings is 1. The number of nitrogens with zero attached hydrogens (tertiary/aromatic N) is 3. The second-order valence-corrected chi connectivity index (χ2v) is 6.64. The first-order chi connectivity index (χ1) is 11.4. The number of carbonyl (C=O) groups is 1. The normalized spacial score (nSPS) is 16.3. The zero-order valence-electron chi connectivity index (χ0n) is 13.7. The first kappa shape index (κ1) is 16.9. The second-order valence-electron chi connectivity index (χ2n) is 6.23. The van der Waals surface area contributed by atoms with Crippen LogP contribution in [-0.4, -0.2) is 46.8 Å². The summed E-state index contributed by atoms with van der Waals surface area (Å²) in [5, 5.41) is 7.41. The molecule has 0 bridgehead atoms. The molecule has 2 heterocycles. The van der Waals surface area contributed by atoms with Crippen LogP contribution in [0, 0.1) is 12.7 Å². The zero-order valence-corrected chi connectivity index (χ0v) is 14.5. The van der Waals surface area contributed by atoms with Crippen molar-refractivity contribution in [2.24, 2.45) is 0 Å². The van der Waals surface area contributed by atoms with Crippen molar-refractivity contribution in [3.63, 3.8) is 0 Å². The minimum absolute atomic E-state index is 0.0591. The summed E-state index contributed by atoms with van der Waals surface area (Å²) in [6.07, 6.45) is 1.87. The molecule has 1 aliphatic heterocycles. The molecule has 1 amide bonds. The molecule has 0 unspecified atom stereocenters. The SMILES string of the molecule is Cc1cc(C(=O)NC2CCN(C)CC2)nn1-c1ccc(Cl)c(F)c1. The molecule has 3 rings (SSSR count). The number of hydrogen-bond donors (Lipinski definition) is 1. The Kier molecular flexibility index (Phi) is 4.87. The maximum absolute atomic E-state index is 13.6. The van der Waals surface area contributed by atoms with E-state index in [1.54, 1.807) is 16.8 Å². The molecule has 2 aromatic rings. The quantitative estimate of drug-likeness (QED) is 0.926. The summed E-state index contributed by atoms with van der Waals surface area (Å²) in [4.78, 5) is 14.7. The number of aromatic nitrogens is 2. The number of nitrogens with one attached hydrogen (secondary N) is 1. The molecule has 0 atom stereocenters. The third-order valence-electron chi connectivity index (χ3n) is 4.32. The minimum Gasteiger partial charge on any atom is -0.348 e. The summed E-state index contributed by atoms with van der Waals surface area (Å²) in [6, 6.07) is 6.33. The average Bonchev–Trinajstić information content (AvgIpc) is 2.94. The van der Waals surface area contributed by atoms with Crippen molar-refractivity contribution in [2.45, 2.75) is 25.8 Å². The topological polar surface area (TPSA) is 50.2 Å². The largest absolute Gasteiger partial charge is 0.348 e. The van der Waals surface area contributed by atoms with Gasteiger partial charge >= 0.3 is 0 Å². The van der Waals surface area contributed by atoms with Gasteiger partial charge in [-0.15, -0.1) is 0 Å². The predicted octanol–water partition coefficient (Wildman–Crippen LogP) is 2.80. The standard InChI is InChI=1S/C17H20ClFN4O/c1-11-9-16(17(24)20-12-5-7-22(2)8-6-12)21-23(11)13-3-4-14(18)15(19)10-13/h3-4,9-10,12H,5-8H2,1-2H3,(H,20,24). The number of carbonyl (C=O) groups excluding carboxylic acids is 1. The summed E-state index contributed by atoms with van der Waals surface area (Å²) < 4.78 is 15.2. The molecule has 1 aliphatic rings. The predicted molar refractivity (Wildman–Crippen MR) is 91.3 cm³/mol. The Morgan fingerprint density at radius 3 is 2.71 bits per heavy atom. The van der Waals surface area contributed by atoms with Gasteiger partial charge in [-0.1, -0.05) is 11.6 Å². The van der Waals surface area contributed by atoms with E-state index in [-0.39, 0.29) is 17.0 Å². The van der Waals surface area contributed by atoms with Gasteiger partial charge in [0.25, 0.3) is 5.91 Å². The smallest absolute Gasteiger partial charge is 0.272 e. The number of piperidine rings is 1. The Hall–Kier alpha value is -1.92. The molecule has 0 radical (unpaired) electrons. The van der Waals surface area contributed by atoms with Crippen LogP contribution < -0.4 is 5.32 Å². The van der Waals surface area contributed by atoms with Gasteiger partial charge in [0.05, 0.1) is 10.7 Å². The van der Waals surface area contributed by atoms with Gasteiger partial charge in [0.2, 0.25) is 0 Å². The molecule has 1 saturated heterocycles. The van der Waals surface area contributed by atoms with Gasteiger partial charge in [-0.2, -0.15) is 5.10 Å². The summed E-state index contributed by atoms with van der Waals surface area (Å²) >= 11 is 5.71. The fourth-order valence-corrected chi connectivity index (χ4v) is 2.99. The van der Waals surface area contributed by atoms with Crippen molar-refractivity contribution < 1.29 is 9.18 Å². The third kappa shape index (κ3) is 3.60. The highest BCUT2D eigenvalue weighted by Gasteiger charge is 2.21. The van der Waals surface area contributed by atoms with Crippen LogP contribution >= 0.6 is 11.6 Å². The van der Waals surface area contributed by atoms with Gasteiger partial charge in [-0.3, -0.25) is 4.79 Å². The van der Waals surface area contributed by atoms with Crippen LogP contribution in [0.2, 0.25) is 5.02 Å². The Bertz CT molecular complexity index is 753. The summed E-state index contributed by atoms with van der Waals surface area (Å²) in [7, 11) is 2.08. The zero-order chi connectivity index (χ0) is 17.3. The first-order valence-electron chi connectivity index (χ1n) is 7.95. The molecule has 128 valence electrons. The lowest BCUT2D eigenvalue weighted by Gasteiger charge is -2.29. The summed E-state index contributed by atoms with van der Waals surface area (Å²) in [5.74, 6) is -0.706. The average molecular weight is 351 g/mol. The molecule has 0 spiro atoms. The van der Waals surface area contributed by atoms with Crippen LogP contribution in [0.15, 0.2) is 24.3 Å². The lowest BCUT2D eigenvalue weighted by molar-refractivity contribution is 0.0911. The van der Waals surface area contributed by atoms with Crippen LogP contribution in [0.5, 0.6) is 0 Å². The van der Waals surface area contributed by atoms with Crippen LogP contribution in [0.25, 0.3) is 5.69 Å². The number of aryl methyl sites for hydroxylation is 1. The molecule has 1 fully saturated rings. The Balaban J connectivity index is 1.75. The van der Waals surface area contributed by atoms with Gasteiger partial charge < -0.3 is 10.2 Å². The van der Waals surface area contributed by atoms with Crippen LogP contribution in [-0.2, 0) is 0 Å². The van der Waals surface area contributed by atoms with Crippen molar-refractivity contribution in [2.75, 3.05) is 20.1 Å². The Morgan fingerprint density at radius 2 is 2.04 bits per heavy atom. The number of rotatable bonds is 3. The van der Waals surface area contributed by atoms with Crippen LogP contribution in [0.4, 0.5) is 4.39 Å². The van der Waals surface area contributed by atoms with Crippen molar-refractivity contribution >= 4 is 17.5 Å². The fraction of sp³-hybridized carbons (Fsp3) is 0.412. The van der Waals surface area contributed by atoms with Gasteiger partial charge in [0, 0.05) is 17.8 Å². The second kappa shape index (κ2) is 6.91. The maximum Gasteiger partial charge on any atom is 0.272 e. The number of halogens is 2. The van der Waals surface area contributed by atoms with E-state index in [0.717, 1.165) is 31.6 Å². The molecule has 1 aromatic heterocycles. The highest BCUT2D eigenvalue weighted by atomic mass is 35.5. The summed E-state index contributed by atoms with van der Waals surface area (Å²) in [5.41, 5.74) is 1.62. The lowest BCUT2D eigenvalue weighted by atomic mass is 10.1. The highest BCUT2D eigenvalue weighted by Crippen LogP contribution is 2.19. The van der Waals surface area contributed by atoms with E-state index in [2.05, 4.69) is 22.4 Å². The van der Waals surface area contributed by atoms with Crippen molar-refractivity contribution in [1.82, 2.24) is 20.0 Å². The van der Waals surface area contributed by atoms with Crippen LogP contribution in [0.3, 0.4) is 0 Å². The van der Waals surface area contributed by atoms with Gasteiger partial charge in [-0.05, 0) is 58.1 Å². The van der Waals surface area contributed by atoms with E-state index in [1.807, 2.05) is 6.92 Å². The van der Waals surface area contributed by atoms with Gasteiger partial charge in [0.15, 0.2) is 5.69 Å². The fourth-order valence-electron chi connectivity index (χ4n) is 2.88. The monoisotopic (exact) mass is 350 g/mol. The summed E-state index contributed by atoms with van der Waals surface area (Å²) in [6.45, 7) is 3.77. The van der Waals surface area contributed by atoms with Gasteiger partial charge in [-0.25, -0.2) is 9.07 Å². The lowest BCUT2D eigenvalue weighted by Crippen LogP contribution is -2.43. The van der Waals surface area contributed by atoms with E-state index >= 15 is 0 Å². The minimum atomic E-state index is -0.513. The van der Waals surface area contributed by atoms with E-state index in [9.17, 15) is 9.18 Å². The van der Waals surface area contributed by atoms with Crippen molar-refractivity contribution in [3.8, 4) is 5.69 Å². The Morgan fingerprint density at radius 1 is 1.33 bits per heavy atom. The van der Waals surface area contributed by atoms with E-state index in [4.69, 9.17) is 11.6 Å². The molecular formula is C17H20ClFN4O. The molecule has 7 heteroatoms. The van der Waals surface area contributed by atoms with E-state index in [1.165, 1.54) is 12.1 Å². The molecular weight excluding hydrogens is 331 g/mol. The van der Waals surface area contributed by atoms with Gasteiger partial charge in [0.1, 0.15) is 5.82 Å². The number of likely N-dealkylation sites (tertiary alicyclic amines) is 1. The molecule has 1 N–H and O–H groups in total. The Labute approximate surface area is 145 Å². The molecule has 0 aliphatic carbocycles. The van der Waals surface area contributed by atoms with Crippen molar-refractivity contribution in [3.05, 3.63) is 46.5 Å². The highest BCUT2D eigenvalue weighted by molar-refractivity contribution is 6.30. The third-order valence-corrected chi connectivity index (χ3v) is 4.63. The van der Waals surface area contributed by atoms with E-state index in [0.29, 0.717) is 11.4 Å². The van der Waals surface area contributed by atoms with Crippen LogP contribution in [0.1, 0.15) is 29.0 Å². The molecule has 5 nitrogen and oxygen atoms in total. The number of amides is 1. The first-order valence-corrected chi connectivity index (χ1v) is 8.33. The molecule has 0 saturated carbocycles.